The maximum Gasteiger partial charge on any atom is 0.248 e. The van der Waals surface area contributed by atoms with E-state index in [1.54, 1.807) is 16.2 Å². The molecule has 0 unspecified atom stereocenters. The van der Waals surface area contributed by atoms with Crippen LogP contribution in [0.1, 0.15) is 57.6 Å². The van der Waals surface area contributed by atoms with E-state index >= 15 is 0 Å². The second-order valence-electron chi connectivity index (χ2n) is 10.5. The largest absolute Gasteiger partial charge is 0.447 e. The SMILES string of the molecule is CCCCN1C(=O)[C@@H]([C@H](O)C(C)C)NC(=O)C12CCN(Cc1ccc(Oc3cc(C)cs3)cc1)CC2. The van der Waals surface area contributed by atoms with Crippen molar-refractivity contribution in [2.24, 2.45) is 5.92 Å². The lowest BCUT2D eigenvalue weighted by atomic mass is 9.80. The molecule has 7 nitrogen and oxygen atoms in total. The molecule has 2 atom stereocenters. The molecule has 8 heteroatoms. The Bertz CT molecular complexity index is 1040. The number of amides is 2. The normalized spacial score (nSPS) is 21.2. The van der Waals surface area contributed by atoms with Gasteiger partial charge in [0.1, 0.15) is 17.3 Å². The highest BCUT2D eigenvalue weighted by Gasteiger charge is 2.54. The molecule has 36 heavy (non-hydrogen) atoms. The minimum absolute atomic E-state index is 0.116. The first-order valence-electron chi connectivity index (χ1n) is 13.1. The van der Waals surface area contributed by atoms with E-state index in [1.165, 1.54) is 11.1 Å². The van der Waals surface area contributed by atoms with Gasteiger partial charge in [0.2, 0.25) is 11.8 Å². The lowest BCUT2D eigenvalue weighted by molar-refractivity contribution is -0.165. The Hall–Kier alpha value is -2.42. The van der Waals surface area contributed by atoms with E-state index in [2.05, 4.69) is 41.6 Å². The summed E-state index contributed by atoms with van der Waals surface area (Å²) in [4.78, 5) is 31.0. The van der Waals surface area contributed by atoms with Crippen LogP contribution in [0.4, 0.5) is 0 Å². The van der Waals surface area contributed by atoms with Crippen molar-refractivity contribution in [3.63, 3.8) is 0 Å². The molecule has 4 rings (SSSR count). The van der Waals surface area contributed by atoms with Gasteiger partial charge in [0.15, 0.2) is 5.06 Å². The van der Waals surface area contributed by atoms with Crippen molar-refractivity contribution in [3.05, 3.63) is 46.8 Å². The smallest absolute Gasteiger partial charge is 0.248 e. The molecule has 196 valence electrons. The number of aliphatic hydroxyl groups excluding tert-OH is 1. The molecule has 2 aromatic rings. The minimum Gasteiger partial charge on any atom is -0.447 e. The van der Waals surface area contributed by atoms with Crippen LogP contribution in [0.3, 0.4) is 0 Å². The Labute approximate surface area is 218 Å². The van der Waals surface area contributed by atoms with Crippen molar-refractivity contribution in [2.45, 2.75) is 77.6 Å². The fraction of sp³-hybridized carbons (Fsp3) is 0.571. The van der Waals surface area contributed by atoms with Crippen molar-refractivity contribution >= 4 is 23.2 Å². The first-order chi connectivity index (χ1) is 17.2. The number of aliphatic hydroxyl groups is 1. The van der Waals surface area contributed by atoms with E-state index in [0.29, 0.717) is 19.4 Å². The zero-order chi connectivity index (χ0) is 25.9. The number of ether oxygens (including phenoxy) is 1. The second kappa shape index (κ2) is 11.3. The highest BCUT2D eigenvalue weighted by molar-refractivity contribution is 7.12. The Morgan fingerprint density at radius 1 is 1.19 bits per heavy atom. The summed E-state index contributed by atoms with van der Waals surface area (Å²) in [6.07, 6.45) is 2.08. The van der Waals surface area contributed by atoms with Crippen molar-refractivity contribution in [1.29, 1.82) is 0 Å². The van der Waals surface area contributed by atoms with Gasteiger partial charge in [0.05, 0.1) is 6.10 Å². The molecule has 2 aliphatic heterocycles. The second-order valence-corrected chi connectivity index (χ2v) is 11.4. The number of hydrogen-bond donors (Lipinski definition) is 2. The van der Waals surface area contributed by atoms with Gasteiger partial charge < -0.3 is 20.1 Å². The van der Waals surface area contributed by atoms with Gasteiger partial charge in [-0.25, -0.2) is 0 Å². The standard InChI is InChI=1S/C28H39N3O4S/c1-5-6-13-31-26(33)24(25(32)19(2)3)29-27(34)28(31)11-14-30(15-12-28)17-21-7-9-22(10-8-21)35-23-16-20(4)18-36-23/h7-10,16,18-19,24-25,32H,5-6,11-15,17H2,1-4H3,(H,29,34)/t24-,25-/m1/s1. The Balaban J connectivity index is 1.40. The maximum atomic E-state index is 13.5. The molecule has 2 aliphatic rings. The fourth-order valence-electron chi connectivity index (χ4n) is 5.17. The van der Waals surface area contributed by atoms with Gasteiger partial charge in [0, 0.05) is 26.2 Å². The van der Waals surface area contributed by atoms with Crippen LogP contribution in [0.25, 0.3) is 0 Å². The molecule has 2 N–H and O–H groups in total. The molecule has 1 spiro atoms. The van der Waals surface area contributed by atoms with Crippen molar-refractivity contribution in [1.82, 2.24) is 15.1 Å². The molecular formula is C28H39N3O4S. The highest BCUT2D eigenvalue weighted by Crippen LogP contribution is 2.35. The van der Waals surface area contributed by atoms with Crippen molar-refractivity contribution < 1.29 is 19.4 Å². The number of nitrogens with one attached hydrogen (secondary N) is 1. The van der Waals surface area contributed by atoms with Crippen molar-refractivity contribution in [3.8, 4) is 10.8 Å². The monoisotopic (exact) mass is 513 g/mol. The molecule has 1 aromatic heterocycles. The number of nitrogens with zero attached hydrogens (tertiary/aromatic N) is 2. The van der Waals surface area contributed by atoms with Crippen LogP contribution in [0, 0.1) is 12.8 Å². The first-order valence-corrected chi connectivity index (χ1v) is 14.0. The Morgan fingerprint density at radius 3 is 2.47 bits per heavy atom. The minimum atomic E-state index is -0.890. The van der Waals surface area contributed by atoms with E-state index in [9.17, 15) is 14.7 Å². The summed E-state index contributed by atoms with van der Waals surface area (Å²) in [5.41, 5.74) is 1.56. The third-order valence-corrected chi connectivity index (χ3v) is 8.38. The highest BCUT2D eigenvalue weighted by atomic mass is 32.1. The summed E-state index contributed by atoms with van der Waals surface area (Å²) in [6, 6.07) is 9.33. The number of thiophene rings is 1. The predicted molar refractivity (Wildman–Crippen MR) is 142 cm³/mol. The van der Waals surface area contributed by atoms with Gasteiger partial charge >= 0.3 is 0 Å². The maximum absolute atomic E-state index is 13.5. The number of piperidine rings is 1. The molecule has 2 saturated heterocycles. The Kier molecular flexibility index (Phi) is 8.37. The topological polar surface area (TPSA) is 82.1 Å². The van der Waals surface area contributed by atoms with Crippen LogP contribution in [0.2, 0.25) is 0 Å². The number of carbonyl (C=O) groups excluding carboxylic acids is 2. The molecule has 0 saturated carbocycles. The van der Waals surface area contributed by atoms with Gasteiger partial charge in [-0.15, -0.1) is 11.3 Å². The summed E-state index contributed by atoms with van der Waals surface area (Å²) in [5, 5.41) is 16.5. The molecule has 0 aliphatic carbocycles. The zero-order valence-corrected chi connectivity index (χ0v) is 22.6. The van der Waals surface area contributed by atoms with Crippen LogP contribution < -0.4 is 10.1 Å². The van der Waals surface area contributed by atoms with E-state index in [0.717, 1.165) is 43.3 Å². The lowest BCUT2D eigenvalue weighted by Crippen LogP contribution is -2.74. The van der Waals surface area contributed by atoms with Crippen LogP contribution in [0.15, 0.2) is 35.7 Å². The number of aryl methyl sites for hydroxylation is 1. The summed E-state index contributed by atoms with van der Waals surface area (Å²) >= 11 is 1.59. The van der Waals surface area contributed by atoms with Gasteiger partial charge in [-0.05, 0) is 66.8 Å². The van der Waals surface area contributed by atoms with E-state index in [1.807, 2.05) is 32.0 Å². The van der Waals surface area contributed by atoms with Crippen molar-refractivity contribution in [2.75, 3.05) is 19.6 Å². The average Bonchev–Trinajstić information content (AvgIpc) is 3.27. The third kappa shape index (κ3) is 5.61. The number of likely N-dealkylation sites (tertiary alicyclic amines) is 1. The summed E-state index contributed by atoms with van der Waals surface area (Å²) in [6.45, 7) is 10.7. The van der Waals surface area contributed by atoms with Crippen LogP contribution in [-0.2, 0) is 16.1 Å². The third-order valence-electron chi connectivity index (χ3n) is 7.46. The quantitative estimate of drug-likeness (QED) is 0.522. The van der Waals surface area contributed by atoms with Gasteiger partial charge in [0.25, 0.3) is 0 Å². The van der Waals surface area contributed by atoms with E-state index in [-0.39, 0.29) is 17.7 Å². The van der Waals surface area contributed by atoms with Gasteiger partial charge in [-0.3, -0.25) is 14.5 Å². The number of rotatable bonds is 9. The zero-order valence-electron chi connectivity index (χ0n) is 21.8. The number of unbranched alkanes of at least 4 members (excludes halogenated alkanes) is 1. The molecular weight excluding hydrogens is 474 g/mol. The molecule has 1 aromatic carbocycles. The molecule has 2 amide bonds. The number of benzene rings is 1. The number of piperazine rings is 1. The fourth-order valence-corrected chi connectivity index (χ4v) is 5.94. The molecule has 0 radical (unpaired) electrons. The summed E-state index contributed by atoms with van der Waals surface area (Å²) in [7, 11) is 0. The molecule has 0 bridgehead atoms. The molecule has 2 fully saturated rings. The first kappa shape index (κ1) is 26.6. The average molecular weight is 514 g/mol. The van der Waals surface area contributed by atoms with Crippen LogP contribution >= 0.6 is 11.3 Å². The molecule has 3 heterocycles. The van der Waals surface area contributed by atoms with Crippen LogP contribution in [0.5, 0.6) is 10.8 Å². The van der Waals surface area contributed by atoms with E-state index in [4.69, 9.17) is 4.74 Å². The lowest BCUT2D eigenvalue weighted by Gasteiger charge is -2.52. The van der Waals surface area contributed by atoms with Crippen LogP contribution in [-0.4, -0.2) is 64.0 Å². The summed E-state index contributed by atoms with van der Waals surface area (Å²) in [5.74, 6) is 0.441. The van der Waals surface area contributed by atoms with Gasteiger partial charge in [-0.2, -0.15) is 0 Å². The predicted octanol–water partition coefficient (Wildman–Crippen LogP) is 4.33. The van der Waals surface area contributed by atoms with Gasteiger partial charge in [-0.1, -0.05) is 39.3 Å². The number of carbonyl (C=O) groups is 2. The number of hydrogen-bond acceptors (Lipinski definition) is 6. The summed E-state index contributed by atoms with van der Waals surface area (Å²) < 4.78 is 5.93. The Morgan fingerprint density at radius 2 is 1.89 bits per heavy atom. The van der Waals surface area contributed by atoms with E-state index < -0.39 is 17.7 Å².